The number of aromatic nitrogens is 1. The Kier molecular flexibility index (Phi) is 8.39. The average molecular weight is 445 g/mol. The van der Waals surface area contributed by atoms with Crippen LogP contribution >= 0.6 is 15.9 Å². The number of rotatable bonds is 1. The van der Waals surface area contributed by atoms with Gasteiger partial charge >= 0.3 is 0 Å². The summed E-state index contributed by atoms with van der Waals surface area (Å²) in [5.74, 6) is 0.229. The molecule has 0 bridgehead atoms. The number of hydrogen-bond acceptors (Lipinski definition) is 4. The van der Waals surface area contributed by atoms with Gasteiger partial charge in [0, 0.05) is 34.0 Å². The summed E-state index contributed by atoms with van der Waals surface area (Å²) in [6.45, 7) is 0. The maximum Gasteiger partial charge on any atom is 0.181 e. The van der Waals surface area contributed by atoms with Gasteiger partial charge in [0.1, 0.15) is 6.07 Å². The van der Waals surface area contributed by atoms with E-state index in [0.717, 1.165) is 34.3 Å². The Balaban J connectivity index is 0.000000248. The van der Waals surface area contributed by atoms with Crippen molar-refractivity contribution in [1.82, 2.24) is 4.57 Å². The lowest BCUT2D eigenvalue weighted by atomic mass is 9.97. The van der Waals surface area contributed by atoms with E-state index in [0.29, 0.717) is 12.0 Å². The van der Waals surface area contributed by atoms with Crippen LogP contribution in [0.4, 0.5) is 0 Å². The normalized spacial score (nSPS) is 11.2. The van der Waals surface area contributed by atoms with E-state index in [2.05, 4.69) is 22.0 Å². The quantitative estimate of drug-likeness (QED) is 0.505. The number of nitrogens with zero attached hydrogens (tertiary/aromatic N) is 4. The third kappa shape index (κ3) is 5.91. The third-order valence-electron chi connectivity index (χ3n) is 4.18. The predicted molar refractivity (Wildman–Crippen MR) is 113 cm³/mol. The van der Waals surface area contributed by atoms with Gasteiger partial charge in [-0.2, -0.15) is 15.8 Å². The number of fused-ring (bicyclic) bond motifs is 1. The van der Waals surface area contributed by atoms with Crippen molar-refractivity contribution in [3.05, 3.63) is 88.2 Å². The van der Waals surface area contributed by atoms with Gasteiger partial charge in [-0.25, -0.2) is 0 Å². The van der Waals surface area contributed by atoms with E-state index in [9.17, 15) is 4.79 Å². The zero-order chi connectivity index (χ0) is 21.1. The predicted octanol–water partition coefficient (Wildman–Crippen LogP) is 5.35. The summed E-state index contributed by atoms with van der Waals surface area (Å²) >= 11 is 3.40. The van der Waals surface area contributed by atoms with Crippen molar-refractivity contribution in [2.24, 2.45) is 0 Å². The van der Waals surface area contributed by atoms with Crippen LogP contribution in [0.1, 0.15) is 34.5 Å². The average Bonchev–Trinajstić information content (AvgIpc) is 3.21. The summed E-state index contributed by atoms with van der Waals surface area (Å²) in [6.07, 6.45) is 4.41. The van der Waals surface area contributed by atoms with E-state index in [1.807, 2.05) is 65.4 Å². The van der Waals surface area contributed by atoms with E-state index in [-0.39, 0.29) is 5.78 Å². The summed E-state index contributed by atoms with van der Waals surface area (Å²) in [7, 11) is 0. The fourth-order valence-corrected chi connectivity index (χ4v) is 3.35. The highest BCUT2D eigenvalue weighted by molar-refractivity contribution is 9.10. The van der Waals surface area contributed by atoms with Crippen LogP contribution in [-0.2, 0) is 6.42 Å². The second kappa shape index (κ2) is 11.2. The molecular formula is C23H17BrN4O. The summed E-state index contributed by atoms with van der Waals surface area (Å²) in [5.41, 5.74) is 3.50. The van der Waals surface area contributed by atoms with Crippen molar-refractivity contribution in [3.8, 4) is 23.9 Å². The fraction of sp³-hybridized carbons (Fsp3) is 0.130. The first-order valence-corrected chi connectivity index (χ1v) is 9.63. The summed E-state index contributed by atoms with van der Waals surface area (Å²) in [4.78, 5) is 11.8. The van der Waals surface area contributed by atoms with Gasteiger partial charge in [0.25, 0.3) is 0 Å². The molecular weight excluding hydrogens is 428 g/mol. The van der Waals surface area contributed by atoms with Crippen molar-refractivity contribution in [2.75, 3.05) is 0 Å². The zero-order valence-corrected chi connectivity index (χ0v) is 17.1. The highest BCUT2D eigenvalue weighted by Gasteiger charge is 2.21. The lowest BCUT2D eigenvalue weighted by Crippen LogP contribution is -2.12. The molecule has 0 fully saturated rings. The fourth-order valence-electron chi connectivity index (χ4n) is 2.90. The van der Waals surface area contributed by atoms with Gasteiger partial charge in [0.15, 0.2) is 17.9 Å². The van der Waals surface area contributed by atoms with Crippen LogP contribution < -0.4 is 0 Å². The van der Waals surface area contributed by atoms with Gasteiger partial charge in [0.05, 0.1) is 5.56 Å². The van der Waals surface area contributed by atoms with Crippen molar-refractivity contribution >= 4 is 21.7 Å². The maximum atomic E-state index is 11.8. The van der Waals surface area contributed by atoms with Crippen LogP contribution in [0, 0.1) is 34.0 Å². The number of carbonyl (C=O) groups is 1. The Bertz CT molecular complexity index is 1060. The Morgan fingerprint density at radius 1 is 0.897 bits per heavy atom. The monoisotopic (exact) mass is 444 g/mol. The summed E-state index contributed by atoms with van der Waals surface area (Å²) in [6, 6.07) is 24.1. The number of carbonyl (C=O) groups excluding carboxylic acids is 1. The van der Waals surface area contributed by atoms with Gasteiger partial charge in [-0.15, -0.1) is 0 Å². The Morgan fingerprint density at radius 2 is 1.52 bits per heavy atom. The molecule has 1 aliphatic rings. The largest absolute Gasteiger partial charge is 0.320 e. The van der Waals surface area contributed by atoms with Gasteiger partial charge in [-0.1, -0.05) is 36.4 Å². The molecule has 1 aromatic heterocycles. The number of hydrogen-bond donors (Lipinski definition) is 0. The van der Waals surface area contributed by atoms with Gasteiger partial charge in [-0.05, 0) is 53.0 Å². The highest BCUT2D eigenvalue weighted by atomic mass is 79.9. The van der Waals surface area contributed by atoms with Crippen LogP contribution in [0.15, 0.2) is 71.3 Å². The molecule has 0 saturated carbocycles. The van der Waals surface area contributed by atoms with Gasteiger partial charge in [-0.3, -0.25) is 4.79 Å². The van der Waals surface area contributed by atoms with E-state index in [1.165, 1.54) is 12.1 Å². The van der Waals surface area contributed by atoms with Crippen molar-refractivity contribution in [1.29, 1.82) is 15.8 Å². The molecule has 142 valence electrons. The molecule has 6 heteroatoms. The molecule has 1 aliphatic carbocycles. The molecule has 4 rings (SSSR count). The third-order valence-corrected chi connectivity index (χ3v) is 4.83. The molecule has 29 heavy (non-hydrogen) atoms. The summed E-state index contributed by atoms with van der Waals surface area (Å²) in [5, 5.41) is 23.5. The molecule has 3 aromatic rings. The highest BCUT2D eigenvalue weighted by Crippen LogP contribution is 2.27. The van der Waals surface area contributed by atoms with E-state index < -0.39 is 0 Å². The number of Topliss-reactive ketones (excluding diaryl/α,β-unsaturated/α-hetero) is 1. The first kappa shape index (κ1) is 21.6. The number of benzene rings is 2. The molecule has 0 spiro atoms. The minimum atomic E-state index is 0.229. The number of ketones is 1. The molecule has 1 heterocycles. The minimum absolute atomic E-state index is 0.229. The van der Waals surface area contributed by atoms with Crippen molar-refractivity contribution in [2.45, 2.75) is 19.3 Å². The maximum absolute atomic E-state index is 11.8. The minimum Gasteiger partial charge on any atom is -0.320 e. The standard InChI is InChI=1S/C15H11BrN2O.C6H6.C2N2/c16-13-8-11(5-4-10(13)9-17)18-7-6-12-14(18)2-1-3-15(12)19;1-2-4-6-5-3-1;3-1-2-4/h4-8H,1-3H2;1-6H;. The number of halogens is 1. The Morgan fingerprint density at radius 3 is 2.03 bits per heavy atom. The Labute approximate surface area is 178 Å². The second-order valence-electron chi connectivity index (χ2n) is 5.98. The van der Waals surface area contributed by atoms with Crippen LogP contribution in [0.2, 0.25) is 0 Å². The molecule has 0 unspecified atom stereocenters. The molecule has 0 N–H and O–H groups in total. The smallest absolute Gasteiger partial charge is 0.181 e. The zero-order valence-electron chi connectivity index (χ0n) is 15.5. The van der Waals surface area contributed by atoms with E-state index >= 15 is 0 Å². The molecule has 0 amide bonds. The van der Waals surface area contributed by atoms with Crippen LogP contribution in [0.5, 0.6) is 0 Å². The van der Waals surface area contributed by atoms with E-state index in [1.54, 1.807) is 6.07 Å². The first-order valence-electron chi connectivity index (χ1n) is 8.84. The molecule has 0 aliphatic heterocycles. The van der Waals surface area contributed by atoms with Crippen LogP contribution in [0.25, 0.3) is 5.69 Å². The topological polar surface area (TPSA) is 93.4 Å². The molecule has 5 nitrogen and oxygen atoms in total. The second-order valence-corrected chi connectivity index (χ2v) is 6.83. The first-order chi connectivity index (χ1) is 14.1. The van der Waals surface area contributed by atoms with Gasteiger partial charge < -0.3 is 4.57 Å². The molecule has 2 aromatic carbocycles. The SMILES string of the molecule is N#CC#N.N#Cc1ccc(-n2ccc3c2CCCC3=O)cc1Br.c1ccccc1. The molecule has 0 atom stereocenters. The molecule has 0 radical (unpaired) electrons. The van der Waals surface area contributed by atoms with Crippen molar-refractivity contribution < 1.29 is 4.79 Å². The van der Waals surface area contributed by atoms with E-state index in [4.69, 9.17) is 15.8 Å². The van der Waals surface area contributed by atoms with Gasteiger partial charge in [0.2, 0.25) is 0 Å². The Hall–Kier alpha value is -3.66. The van der Waals surface area contributed by atoms with Crippen LogP contribution in [0.3, 0.4) is 0 Å². The van der Waals surface area contributed by atoms with Crippen LogP contribution in [-0.4, -0.2) is 10.4 Å². The lowest BCUT2D eigenvalue weighted by molar-refractivity contribution is 0.0972. The lowest BCUT2D eigenvalue weighted by Gasteiger charge is -2.15. The molecule has 0 saturated heterocycles. The van der Waals surface area contributed by atoms with Crippen molar-refractivity contribution in [3.63, 3.8) is 0 Å². The summed E-state index contributed by atoms with van der Waals surface area (Å²) < 4.78 is 2.82. The number of nitriles is 3.